The second-order valence-corrected chi connectivity index (χ2v) is 3.23. The lowest BCUT2D eigenvalue weighted by Gasteiger charge is -2.12. The van der Waals surface area contributed by atoms with Gasteiger partial charge in [-0.25, -0.2) is 15.8 Å². The average Bonchev–Trinajstić information content (AvgIpc) is 2.38. The molecule has 0 radical (unpaired) electrons. The molecule has 0 aliphatic rings. The summed E-state index contributed by atoms with van der Waals surface area (Å²) in [5.74, 6) is 6.24. The minimum Gasteiger partial charge on any atom is -0.490 e. The topological polar surface area (TPSA) is 111 Å². The molecule has 100 valence electrons. The number of rotatable bonds is 7. The molecule has 4 N–H and O–H groups in total. The van der Waals surface area contributed by atoms with Gasteiger partial charge in [0, 0.05) is 6.54 Å². The van der Waals surface area contributed by atoms with Crippen LogP contribution in [0.25, 0.3) is 0 Å². The third-order valence-corrected chi connectivity index (χ3v) is 2.07. The van der Waals surface area contributed by atoms with Crippen molar-refractivity contribution in [2.45, 2.75) is 13.3 Å². The number of nitrogen functional groups attached to an aromatic ring is 1. The van der Waals surface area contributed by atoms with E-state index in [1.807, 2.05) is 0 Å². The van der Waals surface area contributed by atoms with Crippen LogP contribution in [0.5, 0.6) is 5.75 Å². The molecule has 0 aliphatic heterocycles. The summed E-state index contributed by atoms with van der Waals surface area (Å²) in [5.41, 5.74) is 2.40. The predicted octanol–water partition coefficient (Wildman–Crippen LogP) is 0.136. The molecule has 1 aromatic rings. The van der Waals surface area contributed by atoms with Gasteiger partial charge in [0.15, 0.2) is 11.6 Å². The van der Waals surface area contributed by atoms with E-state index < -0.39 is 0 Å². The van der Waals surface area contributed by atoms with E-state index in [1.165, 1.54) is 13.4 Å². The Balaban J connectivity index is 2.59. The maximum atomic E-state index is 11.2. The fraction of sp³-hybridized carbons (Fsp3) is 0.500. The van der Waals surface area contributed by atoms with Gasteiger partial charge in [-0.2, -0.15) is 0 Å². The first kappa shape index (κ1) is 14.0. The van der Waals surface area contributed by atoms with Crippen molar-refractivity contribution < 1.29 is 14.3 Å². The molecule has 0 aliphatic carbocycles. The zero-order valence-electron chi connectivity index (χ0n) is 10.4. The zero-order valence-corrected chi connectivity index (χ0v) is 10.4. The van der Waals surface area contributed by atoms with Gasteiger partial charge in [0.25, 0.3) is 0 Å². The quantitative estimate of drug-likeness (QED) is 0.358. The number of nitrogens with one attached hydrogen (secondary N) is 2. The Labute approximate surface area is 105 Å². The van der Waals surface area contributed by atoms with Crippen LogP contribution in [0.3, 0.4) is 0 Å². The van der Waals surface area contributed by atoms with Gasteiger partial charge in [-0.3, -0.25) is 4.79 Å². The van der Waals surface area contributed by atoms with Crippen molar-refractivity contribution in [3.05, 3.63) is 6.33 Å². The second kappa shape index (κ2) is 7.28. The maximum absolute atomic E-state index is 11.2. The first-order chi connectivity index (χ1) is 8.72. The molecule has 8 heteroatoms. The molecule has 0 bridgehead atoms. The fourth-order valence-corrected chi connectivity index (χ4v) is 1.31. The molecule has 18 heavy (non-hydrogen) atoms. The molecule has 0 aromatic carbocycles. The van der Waals surface area contributed by atoms with Crippen LogP contribution < -0.4 is 21.3 Å². The standard InChI is InChI=1S/C10H17N5O3/c1-3-18-7(16)4-5-12-9-8(17-2)10(15-11)14-6-13-9/h6H,3-5,11H2,1-2H3,(H2,12,13,14,15). The van der Waals surface area contributed by atoms with E-state index in [4.69, 9.17) is 15.3 Å². The highest BCUT2D eigenvalue weighted by Crippen LogP contribution is 2.27. The minimum absolute atomic E-state index is 0.242. The lowest BCUT2D eigenvalue weighted by molar-refractivity contribution is -0.142. The highest BCUT2D eigenvalue weighted by Gasteiger charge is 2.11. The van der Waals surface area contributed by atoms with E-state index in [0.717, 1.165) is 0 Å². The summed E-state index contributed by atoms with van der Waals surface area (Å²) in [7, 11) is 1.48. The van der Waals surface area contributed by atoms with Crippen molar-refractivity contribution in [1.29, 1.82) is 0 Å². The number of hydrazine groups is 1. The monoisotopic (exact) mass is 255 g/mol. The lowest BCUT2D eigenvalue weighted by Crippen LogP contribution is -2.15. The third-order valence-electron chi connectivity index (χ3n) is 2.07. The second-order valence-electron chi connectivity index (χ2n) is 3.23. The van der Waals surface area contributed by atoms with Gasteiger partial charge in [-0.05, 0) is 6.92 Å². The fourth-order valence-electron chi connectivity index (χ4n) is 1.31. The Morgan fingerprint density at radius 1 is 1.44 bits per heavy atom. The van der Waals surface area contributed by atoms with Crippen LogP contribution >= 0.6 is 0 Å². The summed E-state index contributed by atoms with van der Waals surface area (Å²) in [6.07, 6.45) is 1.58. The maximum Gasteiger partial charge on any atom is 0.307 e. The number of ether oxygens (including phenoxy) is 2. The molecule has 1 rings (SSSR count). The molecule has 0 atom stereocenters. The molecule has 0 saturated heterocycles. The van der Waals surface area contributed by atoms with Crippen molar-refractivity contribution in [3.63, 3.8) is 0 Å². The summed E-state index contributed by atoms with van der Waals surface area (Å²) < 4.78 is 9.93. The smallest absolute Gasteiger partial charge is 0.307 e. The molecule has 1 aromatic heterocycles. The first-order valence-electron chi connectivity index (χ1n) is 5.48. The van der Waals surface area contributed by atoms with Gasteiger partial charge in [-0.15, -0.1) is 0 Å². The van der Waals surface area contributed by atoms with E-state index in [9.17, 15) is 4.79 Å². The van der Waals surface area contributed by atoms with Crippen LogP contribution in [0.1, 0.15) is 13.3 Å². The number of hydrogen-bond donors (Lipinski definition) is 3. The molecule has 1 heterocycles. The summed E-state index contributed by atoms with van der Waals surface area (Å²) in [4.78, 5) is 19.1. The Morgan fingerprint density at radius 2 is 2.17 bits per heavy atom. The van der Waals surface area contributed by atoms with Crippen molar-refractivity contribution in [2.75, 3.05) is 31.0 Å². The largest absolute Gasteiger partial charge is 0.490 e. The SMILES string of the molecule is CCOC(=O)CCNc1ncnc(NN)c1OC. The normalized spacial score (nSPS) is 9.72. The number of nitrogens with zero attached hydrogens (tertiary/aromatic N) is 2. The van der Waals surface area contributed by atoms with Crippen LogP contribution in [0.4, 0.5) is 11.6 Å². The highest BCUT2D eigenvalue weighted by molar-refractivity contribution is 5.70. The van der Waals surface area contributed by atoms with Gasteiger partial charge in [0.05, 0.1) is 20.1 Å². The molecular weight excluding hydrogens is 238 g/mol. The summed E-state index contributed by atoms with van der Waals surface area (Å²) in [6.45, 7) is 2.52. The van der Waals surface area contributed by atoms with E-state index in [-0.39, 0.29) is 12.4 Å². The Morgan fingerprint density at radius 3 is 2.78 bits per heavy atom. The number of carbonyl (C=O) groups excluding carboxylic acids is 1. The number of nitrogens with two attached hydrogens (primary N) is 1. The van der Waals surface area contributed by atoms with Crippen LogP contribution in [-0.4, -0.2) is 36.2 Å². The summed E-state index contributed by atoms with van der Waals surface area (Å²) >= 11 is 0. The number of carbonyl (C=O) groups is 1. The molecule has 0 saturated carbocycles. The summed E-state index contributed by atoms with van der Waals surface area (Å²) in [5, 5.41) is 2.96. The summed E-state index contributed by atoms with van der Waals surface area (Å²) in [6, 6.07) is 0. The molecule has 0 amide bonds. The van der Waals surface area contributed by atoms with Gasteiger partial charge in [-0.1, -0.05) is 0 Å². The molecular formula is C10H17N5O3. The number of hydrogen-bond acceptors (Lipinski definition) is 8. The van der Waals surface area contributed by atoms with Crippen LogP contribution in [-0.2, 0) is 9.53 Å². The Kier molecular flexibility index (Phi) is 5.65. The molecule has 0 unspecified atom stereocenters. The first-order valence-corrected chi connectivity index (χ1v) is 5.48. The predicted molar refractivity (Wildman–Crippen MR) is 66.1 cm³/mol. The van der Waals surface area contributed by atoms with Crippen LogP contribution in [0.2, 0.25) is 0 Å². The van der Waals surface area contributed by atoms with Crippen molar-refractivity contribution in [3.8, 4) is 5.75 Å². The molecule has 0 fully saturated rings. The van der Waals surface area contributed by atoms with Crippen LogP contribution in [0, 0.1) is 0 Å². The van der Waals surface area contributed by atoms with Gasteiger partial charge < -0.3 is 20.2 Å². The van der Waals surface area contributed by atoms with Gasteiger partial charge >= 0.3 is 5.97 Å². The van der Waals surface area contributed by atoms with E-state index in [2.05, 4.69) is 20.7 Å². The lowest BCUT2D eigenvalue weighted by atomic mass is 10.4. The van der Waals surface area contributed by atoms with E-state index >= 15 is 0 Å². The Bertz CT molecular complexity index is 399. The van der Waals surface area contributed by atoms with Crippen molar-refractivity contribution >= 4 is 17.6 Å². The third kappa shape index (κ3) is 3.74. The number of aromatic nitrogens is 2. The molecule has 0 spiro atoms. The number of anilines is 2. The van der Waals surface area contributed by atoms with Crippen molar-refractivity contribution in [2.24, 2.45) is 5.84 Å². The van der Waals surface area contributed by atoms with E-state index in [0.29, 0.717) is 30.5 Å². The number of methoxy groups -OCH3 is 1. The molecule has 8 nitrogen and oxygen atoms in total. The van der Waals surface area contributed by atoms with Crippen LogP contribution in [0.15, 0.2) is 6.33 Å². The average molecular weight is 255 g/mol. The van der Waals surface area contributed by atoms with E-state index in [1.54, 1.807) is 6.92 Å². The van der Waals surface area contributed by atoms with Gasteiger partial charge in [0.1, 0.15) is 6.33 Å². The number of esters is 1. The minimum atomic E-state index is -0.268. The zero-order chi connectivity index (χ0) is 13.4. The Hall–Kier alpha value is -2.09. The van der Waals surface area contributed by atoms with Gasteiger partial charge in [0.2, 0.25) is 5.75 Å². The highest BCUT2D eigenvalue weighted by atomic mass is 16.5. The van der Waals surface area contributed by atoms with Crippen molar-refractivity contribution in [1.82, 2.24) is 9.97 Å².